The Kier molecular flexibility index (Phi) is 5.14. The van der Waals surface area contributed by atoms with Crippen LogP contribution in [0.1, 0.15) is 28.4 Å². The van der Waals surface area contributed by atoms with Gasteiger partial charge in [0.2, 0.25) is 5.82 Å². The lowest BCUT2D eigenvalue weighted by molar-refractivity contribution is 0.202. The van der Waals surface area contributed by atoms with Crippen molar-refractivity contribution in [3.63, 3.8) is 0 Å². The lowest BCUT2D eigenvalue weighted by atomic mass is 9.91. The summed E-state index contributed by atoms with van der Waals surface area (Å²) < 4.78 is 0. The van der Waals surface area contributed by atoms with Gasteiger partial charge >= 0.3 is 0 Å². The fourth-order valence-corrected chi connectivity index (χ4v) is 5.28. The number of benzene rings is 3. The van der Waals surface area contributed by atoms with Crippen LogP contribution >= 0.6 is 23.2 Å². The lowest BCUT2D eigenvalue weighted by Gasteiger charge is -2.36. The summed E-state index contributed by atoms with van der Waals surface area (Å²) in [7, 11) is 0. The van der Waals surface area contributed by atoms with Gasteiger partial charge in [-0.3, -0.25) is 4.90 Å². The van der Waals surface area contributed by atoms with Crippen LogP contribution in [0.15, 0.2) is 66.7 Å². The largest absolute Gasteiger partial charge is 0.357 e. The highest BCUT2D eigenvalue weighted by atomic mass is 35.5. The number of tetrazole rings is 1. The molecule has 5 aromatic rings. The molecule has 1 aliphatic heterocycles. The minimum atomic E-state index is -0.0406. The number of para-hydroxylation sites is 1. The zero-order chi connectivity index (χ0) is 22.4. The monoisotopic (exact) mass is 474 g/mol. The van der Waals surface area contributed by atoms with Crippen molar-refractivity contribution in [3.8, 4) is 11.4 Å². The number of rotatable bonds is 4. The molecule has 3 aromatic carbocycles. The molecule has 0 saturated heterocycles. The van der Waals surface area contributed by atoms with E-state index in [1.807, 2.05) is 24.3 Å². The molecule has 2 aromatic heterocycles. The van der Waals surface area contributed by atoms with E-state index >= 15 is 0 Å². The minimum absolute atomic E-state index is 0.0406. The Balaban J connectivity index is 1.45. The first kappa shape index (κ1) is 20.4. The molecular formula is C25H20Cl2N6. The number of nitrogens with zero attached hydrogens (tertiary/aromatic N) is 4. The first-order valence-electron chi connectivity index (χ1n) is 10.8. The van der Waals surface area contributed by atoms with E-state index in [1.54, 1.807) is 0 Å². The normalized spacial score (nSPS) is 16.2. The van der Waals surface area contributed by atoms with E-state index in [-0.39, 0.29) is 6.04 Å². The Bertz CT molecular complexity index is 1440. The van der Waals surface area contributed by atoms with Gasteiger partial charge < -0.3 is 4.98 Å². The highest BCUT2D eigenvalue weighted by Crippen LogP contribution is 2.42. The average molecular weight is 475 g/mol. The molecule has 1 atom stereocenters. The highest BCUT2D eigenvalue weighted by molar-refractivity contribution is 6.42. The molecule has 0 bridgehead atoms. The molecule has 8 heteroatoms. The Hall–Kier alpha value is -3.19. The second-order valence-corrected chi connectivity index (χ2v) is 9.05. The van der Waals surface area contributed by atoms with Crippen molar-refractivity contribution in [1.82, 2.24) is 30.5 Å². The summed E-state index contributed by atoms with van der Waals surface area (Å²) in [5.41, 5.74) is 6.78. The molecule has 0 spiro atoms. The van der Waals surface area contributed by atoms with Crippen LogP contribution in [-0.2, 0) is 13.0 Å². The first-order valence-corrected chi connectivity index (χ1v) is 11.5. The lowest BCUT2D eigenvalue weighted by Crippen LogP contribution is -2.35. The second kappa shape index (κ2) is 8.30. The summed E-state index contributed by atoms with van der Waals surface area (Å²) in [5, 5.41) is 16.9. The maximum absolute atomic E-state index is 6.75. The topological polar surface area (TPSA) is 73.5 Å². The number of H-pyrrole nitrogens is 2. The summed E-state index contributed by atoms with van der Waals surface area (Å²) in [6, 6.07) is 22.6. The molecular weight excluding hydrogens is 455 g/mol. The van der Waals surface area contributed by atoms with Crippen LogP contribution in [0, 0.1) is 0 Å². The Morgan fingerprint density at radius 1 is 1.00 bits per heavy atom. The Labute approximate surface area is 200 Å². The van der Waals surface area contributed by atoms with Crippen LogP contribution in [-0.4, -0.2) is 37.1 Å². The summed E-state index contributed by atoms with van der Waals surface area (Å²) in [4.78, 5) is 6.13. The molecule has 0 amide bonds. The van der Waals surface area contributed by atoms with Crippen LogP contribution in [0.25, 0.3) is 22.3 Å². The van der Waals surface area contributed by atoms with Gasteiger partial charge in [-0.25, -0.2) is 0 Å². The highest BCUT2D eigenvalue weighted by Gasteiger charge is 2.33. The summed E-state index contributed by atoms with van der Waals surface area (Å²) in [5.74, 6) is 0.586. The van der Waals surface area contributed by atoms with Crippen LogP contribution in [0.4, 0.5) is 0 Å². The van der Waals surface area contributed by atoms with Crippen molar-refractivity contribution in [3.05, 3.63) is 99.2 Å². The predicted octanol–water partition coefficient (Wildman–Crippen LogP) is 5.80. The molecule has 6 rings (SSSR count). The van der Waals surface area contributed by atoms with Crippen molar-refractivity contribution in [1.29, 1.82) is 0 Å². The molecule has 1 aliphatic rings. The molecule has 0 fully saturated rings. The molecule has 6 nitrogen and oxygen atoms in total. The minimum Gasteiger partial charge on any atom is -0.357 e. The first-order chi connectivity index (χ1) is 16.2. The van der Waals surface area contributed by atoms with Crippen molar-refractivity contribution < 1.29 is 0 Å². The van der Waals surface area contributed by atoms with Gasteiger partial charge in [0, 0.05) is 35.2 Å². The molecule has 0 saturated carbocycles. The number of nitrogens with one attached hydrogen (secondary N) is 2. The van der Waals surface area contributed by atoms with Gasteiger partial charge in [-0.05, 0) is 46.5 Å². The van der Waals surface area contributed by atoms with Gasteiger partial charge in [-0.15, -0.1) is 10.2 Å². The third-order valence-electron chi connectivity index (χ3n) is 6.33. The van der Waals surface area contributed by atoms with E-state index < -0.39 is 0 Å². The van der Waals surface area contributed by atoms with Crippen molar-refractivity contribution >= 4 is 34.1 Å². The van der Waals surface area contributed by atoms with E-state index in [1.165, 1.54) is 22.2 Å². The predicted molar refractivity (Wildman–Crippen MR) is 130 cm³/mol. The zero-order valence-corrected chi connectivity index (χ0v) is 19.1. The smallest absolute Gasteiger partial charge is 0.204 e. The van der Waals surface area contributed by atoms with Gasteiger partial charge in [-0.1, -0.05) is 71.7 Å². The summed E-state index contributed by atoms with van der Waals surface area (Å²) in [6.45, 7) is 1.64. The maximum atomic E-state index is 6.75. The number of aromatic nitrogens is 5. The van der Waals surface area contributed by atoms with Crippen LogP contribution in [0.5, 0.6) is 0 Å². The van der Waals surface area contributed by atoms with Crippen molar-refractivity contribution in [2.24, 2.45) is 0 Å². The Morgan fingerprint density at radius 2 is 1.88 bits per heavy atom. The third kappa shape index (κ3) is 3.60. The standard InChI is InChI=1S/C25H20Cl2N6/c26-20-9-4-8-19(22(20)27)24-23-18(17-7-1-2-10-21(17)28-23)11-12-33(24)14-15-5-3-6-16(13-15)25-29-31-32-30-25/h1-10,13,24,28H,11-12,14H2,(H,29,30,31,32). The quantitative estimate of drug-likeness (QED) is 0.345. The van der Waals surface area contributed by atoms with Gasteiger partial charge in [0.1, 0.15) is 0 Å². The SMILES string of the molecule is Clc1cccc(C2c3[nH]c4ccccc4c3CCN2Cc2cccc(-c3nn[nH]n3)c2)c1Cl. The van der Waals surface area contributed by atoms with E-state index in [0.717, 1.165) is 36.2 Å². The molecule has 0 aliphatic carbocycles. The third-order valence-corrected chi connectivity index (χ3v) is 7.16. The average Bonchev–Trinajstić information content (AvgIpc) is 3.50. The van der Waals surface area contributed by atoms with Crippen LogP contribution < -0.4 is 0 Å². The van der Waals surface area contributed by atoms with E-state index in [2.05, 4.69) is 73.0 Å². The molecule has 0 radical (unpaired) electrons. The van der Waals surface area contributed by atoms with Gasteiger partial charge in [-0.2, -0.15) is 5.21 Å². The van der Waals surface area contributed by atoms with Crippen LogP contribution in [0.3, 0.4) is 0 Å². The molecule has 2 N–H and O–H groups in total. The van der Waals surface area contributed by atoms with E-state index in [0.29, 0.717) is 15.9 Å². The maximum Gasteiger partial charge on any atom is 0.204 e. The number of hydrogen-bond donors (Lipinski definition) is 2. The van der Waals surface area contributed by atoms with E-state index in [9.17, 15) is 0 Å². The molecule has 3 heterocycles. The van der Waals surface area contributed by atoms with Gasteiger partial charge in [0.15, 0.2) is 0 Å². The zero-order valence-electron chi connectivity index (χ0n) is 17.6. The fraction of sp³-hybridized carbons (Fsp3) is 0.160. The van der Waals surface area contributed by atoms with Crippen molar-refractivity contribution in [2.75, 3.05) is 6.54 Å². The van der Waals surface area contributed by atoms with Gasteiger partial charge in [0.05, 0.1) is 16.1 Å². The summed E-state index contributed by atoms with van der Waals surface area (Å²) >= 11 is 13.2. The fourth-order valence-electron chi connectivity index (χ4n) is 4.87. The van der Waals surface area contributed by atoms with Gasteiger partial charge in [0.25, 0.3) is 0 Å². The molecule has 1 unspecified atom stereocenters. The summed E-state index contributed by atoms with van der Waals surface area (Å²) in [6.07, 6.45) is 0.957. The van der Waals surface area contributed by atoms with Crippen LogP contribution in [0.2, 0.25) is 10.0 Å². The number of fused-ring (bicyclic) bond motifs is 3. The van der Waals surface area contributed by atoms with E-state index in [4.69, 9.17) is 23.2 Å². The van der Waals surface area contributed by atoms with Crippen molar-refractivity contribution in [2.45, 2.75) is 19.0 Å². The molecule has 164 valence electrons. The second-order valence-electron chi connectivity index (χ2n) is 8.26. The number of aromatic amines is 2. The number of hydrogen-bond acceptors (Lipinski definition) is 4. The molecule has 33 heavy (non-hydrogen) atoms. The number of halogens is 2. The Morgan fingerprint density at radius 3 is 2.76 bits per heavy atom.